The second-order valence-electron chi connectivity index (χ2n) is 4.14. The van der Waals surface area contributed by atoms with Gasteiger partial charge in [0.15, 0.2) is 0 Å². The maximum Gasteiger partial charge on any atom is 0.130 e. The third kappa shape index (κ3) is 2.22. The molecule has 0 bridgehead atoms. The molecule has 1 unspecified atom stereocenters. The van der Waals surface area contributed by atoms with E-state index in [1.807, 2.05) is 30.8 Å². The third-order valence-electron chi connectivity index (χ3n) is 2.87. The molecule has 17 heavy (non-hydrogen) atoms. The van der Waals surface area contributed by atoms with Crippen molar-refractivity contribution in [1.29, 1.82) is 0 Å². The van der Waals surface area contributed by atoms with Crippen molar-refractivity contribution in [2.75, 3.05) is 7.05 Å². The van der Waals surface area contributed by atoms with Crippen molar-refractivity contribution in [3.63, 3.8) is 0 Å². The minimum absolute atomic E-state index is 0.202. The van der Waals surface area contributed by atoms with E-state index in [1.165, 1.54) is 0 Å². The second kappa shape index (κ2) is 4.67. The molecule has 1 atom stereocenters. The predicted octanol–water partition coefficient (Wildman–Crippen LogP) is 2.18. The Balaban J connectivity index is 2.46. The number of aryl methyl sites for hydroxylation is 2. The van der Waals surface area contributed by atoms with Gasteiger partial charge in [-0.25, -0.2) is 9.37 Å². The van der Waals surface area contributed by atoms with E-state index in [-0.39, 0.29) is 11.9 Å². The third-order valence-corrected chi connectivity index (χ3v) is 2.87. The highest BCUT2D eigenvalue weighted by Gasteiger charge is 2.19. The van der Waals surface area contributed by atoms with Gasteiger partial charge in [0.1, 0.15) is 11.6 Å². The summed E-state index contributed by atoms with van der Waals surface area (Å²) in [4.78, 5) is 4.26. The van der Waals surface area contributed by atoms with Crippen molar-refractivity contribution in [3.8, 4) is 0 Å². The van der Waals surface area contributed by atoms with E-state index in [0.29, 0.717) is 5.56 Å². The van der Waals surface area contributed by atoms with Gasteiger partial charge in [0.25, 0.3) is 0 Å². The van der Waals surface area contributed by atoms with Crippen LogP contribution in [0.4, 0.5) is 4.39 Å². The summed E-state index contributed by atoms with van der Waals surface area (Å²) in [6.45, 7) is 1.88. The average Bonchev–Trinajstić information content (AvgIpc) is 2.69. The van der Waals surface area contributed by atoms with Crippen molar-refractivity contribution in [2.45, 2.75) is 13.0 Å². The van der Waals surface area contributed by atoms with Crippen LogP contribution in [0.5, 0.6) is 0 Å². The first-order chi connectivity index (χ1) is 8.13. The number of nitrogens with zero attached hydrogens (tertiary/aromatic N) is 2. The SMILES string of the molecule is CNC(c1ccc(C)cc1F)c1nccn1C. The Morgan fingerprint density at radius 3 is 2.71 bits per heavy atom. The lowest BCUT2D eigenvalue weighted by molar-refractivity contribution is 0.552. The van der Waals surface area contributed by atoms with Crippen molar-refractivity contribution in [3.05, 3.63) is 53.4 Å². The van der Waals surface area contributed by atoms with Gasteiger partial charge in [-0.3, -0.25) is 0 Å². The van der Waals surface area contributed by atoms with Crippen molar-refractivity contribution >= 4 is 0 Å². The summed E-state index contributed by atoms with van der Waals surface area (Å²) in [5.41, 5.74) is 1.54. The van der Waals surface area contributed by atoms with E-state index < -0.39 is 0 Å². The van der Waals surface area contributed by atoms with Gasteiger partial charge in [0.2, 0.25) is 0 Å². The molecule has 0 aliphatic rings. The summed E-state index contributed by atoms with van der Waals surface area (Å²) in [5.74, 6) is 0.600. The van der Waals surface area contributed by atoms with Crippen LogP contribution in [0.3, 0.4) is 0 Å². The van der Waals surface area contributed by atoms with Gasteiger partial charge >= 0.3 is 0 Å². The first-order valence-electron chi connectivity index (χ1n) is 5.54. The number of aromatic nitrogens is 2. The van der Waals surface area contributed by atoms with E-state index >= 15 is 0 Å². The zero-order valence-corrected chi connectivity index (χ0v) is 10.2. The molecule has 1 aromatic heterocycles. The number of hydrogen-bond donors (Lipinski definition) is 1. The molecule has 90 valence electrons. The molecule has 0 saturated carbocycles. The number of halogens is 1. The van der Waals surface area contributed by atoms with Crippen LogP contribution < -0.4 is 5.32 Å². The fraction of sp³-hybridized carbons (Fsp3) is 0.308. The normalized spacial score (nSPS) is 12.7. The fourth-order valence-electron chi connectivity index (χ4n) is 1.95. The highest BCUT2D eigenvalue weighted by Crippen LogP contribution is 2.23. The lowest BCUT2D eigenvalue weighted by Crippen LogP contribution is -2.22. The molecule has 0 aliphatic heterocycles. The lowest BCUT2D eigenvalue weighted by atomic mass is 10.0. The molecule has 0 aliphatic carbocycles. The molecular weight excluding hydrogens is 217 g/mol. The van der Waals surface area contributed by atoms with Crippen LogP contribution >= 0.6 is 0 Å². The largest absolute Gasteiger partial charge is 0.336 e. The van der Waals surface area contributed by atoms with Crippen LogP contribution in [0.15, 0.2) is 30.6 Å². The van der Waals surface area contributed by atoms with Gasteiger partial charge < -0.3 is 9.88 Å². The quantitative estimate of drug-likeness (QED) is 0.880. The second-order valence-corrected chi connectivity index (χ2v) is 4.14. The molecule has 4 heteroatoms. The Kier molecular flexibility index (Phi) is 3.24. The van der Waals surface area contributed by atoms with Gasteiger partial charge in [-0.1, -0.05) is 12.1 Å². The summed E-state index contributed by atoms with van der Waals surface area (Å²) >= 11 is 0. The number of benzene rings is 1. The van der Waals surface area contributed by atoms with Crippen LogP contribution in [-0.4, -0.2) is 16.6 Å². The van der Waals surface area contributed by atoms with Gasteiger partial charge in [-0.05, 0) is 25.6 Å². The Morgan fingerprint density at radius 2 is 2.18 bits per heavy atom. The monoisotopic (exact) mass is 233 g/mol. The minimum atomic E-state index is -0.226. The molecule has 1 N–H and O–H groups in total. The number of imidazole rings is 1. The molecule has 1 heterocycles. The molecule has 0 amide bonds. The van der Waals surface area contributed by atoms with Gasteiger partial charge in [-0.2, -0.15) is 0 Å². The first-order valence-corrected chi connectivity index (χ1v) is 5.54. The predicted molar refractivity (Wildman–Crippen MR) is 65.2 cm³/mol. The highest BCUT2D eigenvalue weighted by atomic mass is 19.1. The van der Waals surface area contributed by atoms with E-state index in [9.17, 15) is 4.39 Å². The van der Waals surface area contributed by atoms with E-state index in [4.69, 9.17) is 0 Å². The summed E-state index contributed by atoms with van der Waals surface area (Å²) in [6.07, 6.45) is 3.57. The number of rotatable bonds is 3. The van der Waals surface area contributed by atoms with E-state index in [0.717, 1.165) is 11.4 Å². The van der Waals surface area contributed by atoms with Gasteiger partial charge in [-0.15, -0.1) is 0 Å². The molecule has 3 nitrogen and oxygen atoms in total. The Labute approximate surface area is 100 Å². The smallest absolute Gasteiger partial charge is 0.130 e. The first kappa shape index (κ1) is 11.8. The zero-order chi connectivity index (χ0) is 12.4. The lowest BCUT2D eigenvalue weighted by Gasteiger charge is -2.17. The fourth-order valence-corrected chi connectivity index (χ4v) is 1.95. The van der Waals surface area contributed by atoms with Crippen LogP contribution in [0.2, 0.25) is 0 Å². The van der Waals surface area contributed by atoms with Crippen LogP contribution in [0, 0.1) is 12.7 Å². The Hall–Kier alpha value is -1.68. The molecule has 0 fully saturated rings. The van der Waals surface area contributed by atoms with Gasteiger partial charge in [0, 0.05) is 25.0 Å². The molecule has 2 rings (SSSR count). The van der Waals surface area contributed by atoms with Crippen molar-refractivity contribution < 1.29 is 4.39 Å². The van der Waals surface area contributed by atoms with Crippen LogP contribution in [-0.2, 0) is 7.05 Å². The highest BCUT2D eigenvalue weighted by molar-refractivity contribution is 5.30. The molecule has 0 spiro atoms. The van der Waals surface area contributed by atoms with E-state index in [1.54, 1.807) is 25.4 Å². The van der Waals surface area contributed by atoms with Crippen molar-refractivity contribution in [2.24, 2.45) is 7.05 Å². The topological polar surface area (TPSA) is 29.9 Å². The summed E-state index contributed by atoms with van der Waals surface area (Å²) < 4.78 is 15.8. The molecule has 2 aromatic rings. The Morgan fingerprint density at radius 1 is 1.41 bits per heavy atom. The molecule has 1 aromatic carbocycles. The maximum atomic E-state index is 13.9. The Bertz CT molecular complexity index is 519. The minimum Gasteiger partial charge on any atom is -0.336 e. The average molecular weight is 233 g/mol. The zero-order valence-electron chi connectivity index (χ0n) is 10.2. The number of nitrogens with one attached hydrogen (secondary N) is 1. The molecule has 0 saturated heterocycles. The summed E-state index contributed by atoms with van der Waals surface area (Å²) in [7, 11) is 3.71. The summed E-state index contributed by atoms with van der Waals surface area (Å²) in [6, 6.07) is 5.03. The molecule has 0 radical (unpaired) electrons. The number of hydrogen-bond acceptors (Lipinski definition) is 2. The van der Waals surface area contributed by atoms with Crippen molar-refractivity contribution in [1.82, 2.24) is 14.9 Å². The molecular formula is C13H16FN3. The van der Waals surface area contributed by atoms with E-state index in [2.05, 4.69) is 10.3 Å². The maximum absolute atomic E-state index is 13.9. The van der Waals surface area contributed by atoms with Gasteiger partial charge in [0.05, 0.1) is 6.04 Å². The van der Waals surface area contributed by atoms with Crippen LogP contribution in [0.1, 0.15) is 23.0 Å². The summed E-state index contributed by atoms with van der Waals surface area (Å²) in [5, 5.41) is 3.10. The van der Waals surface area contributed by atoms with Crippen LogP contribution in [0.25, 0.3) is 0 Å². The standard InChI is InChI=1S/C13H16FN3/c1-9-4-5-10(11(14)8-9)12(15-2)13-16-6-7-17(13)3/h4-8,12,15H,1-3H3.